The van der Waals surface area contributed by atoms with Crippen molar-refractivity contribution in [2.45, 2.75) is 25.5 Å². The van der Waals surface area contributed by atoms with Crippen molar-refractivity contribution in [2.75, 3.05) is 64.7 Å². The summed E-state index contributed by atoms with van der Waals surface area (Å²) >= 11 is 0. The van der Waals surface area contributed by atoms with Crippen LogP contribution in [0.25, 0.3) is 11.1 Å². The number of piperazine rings is 1. The normalized spacial score (nSPS) is 16.5. The Labute approximate surface area is 251 Å². The van der Waals surface area contributed by atoms with E-state index in [-0.39, 0.29) is 12.0 Å². The molecule has 0 bridgehead atoms. The first-order valence-electron chi connectivity index (χ1n) is 14.7. The molecule has 5 rings (SSSR count). The number of likely N-dealkylation sites (N-methyl/N-ethyl adjacent to an activating group) is 1. The first-order chi connectivity index (χ1) is 20.9. The topological polar surface area (TPSA) is 119 Å². The molecule has 3 amide bonds. The summed E-state index contributed by atoms with van der Waals surface area (Å²) in [5.41, 5.74) is 2.68. The molecule has 0 saturated carbocycles. The van der Waals surface area contributed by atoms with E-state index < -0.39 is 12.2 Å². The second-order valence-corrected chi connectivity index (χ2v) is 11.0. The molecule has 0 spiro atoms. The standard InChI is InChI=1S/C32H39N5O6/c1-34(30(38)29-12-11-26(42-29)23-36-19-21-37(22-20-36)32(40)41)17-18-35-15-13-25(14-16-35)43-31(39)33-28-10-6-5-9-27(28)24-7-3-2-4-8-24/h2-12,25H,13-23H2,1H3,(H,33,39)(H,40,41). The van der Waals surface area contributed by atoms with E-state index in [1.54, 1.807) is 18.0 Å². The van der Waals surface area contributed by atoms with Crippen molar-refractivity contribution in [1.82, 2.24) is 19.6 Å². The van der Waals surface area contributed by atoms with Gasteiger partial charge >= 0.3 is 12.2 Å². The van der Waals surface area contributed by atoms with Gasteiger partial charge < -0.3 is 29.0 Å². The average molecular weight is 590 g/mol. The zero-order valence-electron chi connectivity index (χ0n) is 24.5. The number of hydrogen-bond acceptors (Lipinski definition) is 7. The third-order valence-electron chi connectivity index (χ3n) is 8.05. The number of nitrogens with one attached hydrogen (secondary N) is 1. The van der Waals surface area contributed by atoms with Crippen molar-refractivity contribution in [2.24, 2.45) is 0 Å². The molecule has 0 aliphatic carbocycles. The predicted molar refractivity (Wildman–Crippen MR) is 162 cm³/mol. The molecule has 11 heteroatoms. The number of likely N-dealkylation sites (tertiary alicyclic amines) is 1. The van der Waals surface area contributed by atoms with Gasteiger partial charge in [0.15, 0.2) is 5.76 Å². The van der Waals surface area contributed by atoms with E-state index in [4.69, 9.17) is 14.3 Å². The van der Waals surface area contributed by atoms with E-state index in [0.29, 0.717) is 63.0 Å². The maximum atomic E-state index is 12.9. The molecule has 2 aliphatic rings. The highest BCUT2D eigenvalue weighted by Gasteiger charge is 2.25. The number of carbonyl (C=O) groups is 3. The summed E-state index contributed by atoms with van der Waals surface area (Å²) in [6.45, 7) is 5.55. The van der Waals surface area contributed by atoms with Crippen LogP contribution in [0.2, 0.25) is 0 Å². The minimum absolute atomic E-state index is 0.159. The SMILES string of the molecule is CN(CCN1CCC(OC(=O)Nc2ccccc2-c2ccccc2)CC1)C(=O)c1ccc(CN2CCN(C(=O)O)CC2)o1. The van der Waals surface area contributed by atoms with Crippen LogP contribution in [0.1, 0.15) is 29.2 Å². The van der Waals surface area contributed by atoms with Gasteiger partial charge in [0.05, 0.1) is 12.2 Å². The number of hydrogen-bond donors (Lipinski definition) is 2. The second kappa shape index (κ2) is 14.2. The zero-order chi connectivity index (χ0) is 30.2. The van der Waals surface area contributed by atoms with Crippen LogP contribution in [-0.4, -0.2) is 108 Å². The maximum absolute atomic E-state index is 12.9. The van der Waals surface area contributed by atoms with Gasteiger partial charge in [-0.2, -0.15) is 0 Å². The van der Waals surface area contributed by atoms with E-state index >= 15 is 0 Å². The van der Waals surface area contributed by atoms with Crippen LogP contribution < -0.4 is 5.32 Å². The van der Waals surface area contributed by atoms with Crippen molar-refractivity contribution in [1.29, 1.82) is 0 Å². The predicted octanol–water partition coefficient (Wildman–Crippen LogP) is 4.53. The number of nitrogens with zero attached hydrogens (tertiary/aromatic N) is 4. The van der Waals surface area contributed by atoms with Crippen LogP contribution in [0.4, 0.5) is 15.3 Å². The number of carbonyl (C=O) groups excluding carboxylic acids is 2. The number of para-hydroxylation sites is 1. The molecule has 11 nitrogen and oxygen atoms in total. The summed E-state index contributed by atoms with van der Waals surface area (Å²) in [4.78, 5) is 44.2. The number of anilines is 1. The van der Waals surface area contributed by atoms with E-state index in [9.17, 15) is 14.4 Å². The van der Waals surface area contributed by atoms with Gasteiger partial charge in [-0.25, -0.2) is 9.59 Å². The van der Waals surface area contributed by atoms with E-state index in [1.165, 1.54) is 4.90 Å². The van der Waals surface area contributed by atoms with Gasteiger partial charge in [-0.3, -0.25) is 15.0 Å². The smallest absolute Gasteiger partial charge is 0.411 e. The molecule has 2 aliphatic heterocycles. The highest BCUT2D eigenvalue weighted by Crippen LogP contribution is 2.28. The van der Waals surface area contributed by atoms with Crippen molar-refractivity contribution >= 4 is 23.8 Å². The second-order valence-electron chi connectivity index (χ2n) is 11.0. The Morgan fingerprint density at radius 2 is 1.60 bits per heavy atom. The van der Waals surface area contributed by atoms with Crippen LogP contribution in [0.15, 0.2) is 71.1 Å². The van der Waals surface area contributed by atoms with Crippen LogP contribution in [0.3, 0.4) is 0 Å². The van der Waals surface area contributed by atoms with Crippen molar-refractivity contribution < 1.29 is 28.6 Å². The van der Waals surface area contributed by atoms with Crippen molar-refractivity contribution in [3.05, 3.63) is 78.3 Å². The molecule has 3 aromatic rings. The van der Waals surface area contributed by atoms with Gasteiger partial charge in [-0.05, 0) is 36.6 Å². The molecule has 228 valence electrons. The van der Waals surface area contributed by atoms with Gasteiger partial charge in [-0.15, -0.1) is 0 Å². The Morgan fingerprint density at radius 1 is 0.907 bits per heavy atom. The van der Waals surface area contributed by atoms with Gasteiger partial charge in [0.1, 0.15) is 11.9 Å². The van der Waals surface area contributed by atoms with Gasteiger partial charge in [0.25, 0.3) is 5.91 Å². The van der Waals surface area contributed by atoms with Crippen molar-refractivity contribution in [3.8, 4) is 11.1 Å². The lowest BCUT2D eigenvalue weighted by atomic mass is 10.0. The van der Waals surface area contributed by atoms with Gasteiger partial charge in [0, 0.05) is 65.0 Å². The van der Waals surface area contributed by atoms with E-state index in [0.717, 1.165) is 37.1 Å². The number of amides is 3. The van der Waals surface area contributed by atoms with E-state index in [2.05, 4.69) is 15.1 Å². The van der Waals surface area contributed by atoms with Crippen LogP contribution in [0.5, 0.6) is 0 Å². The Kier molecular flexibility index (Phi) is 9.96. The van der Waals surface area contributed by atoms with Gasteiger partial charge in [0.2, 0.25) is 0 Å². The largest absolute Gasteiger partial charge is 0.465 e. The summed E-state index contributed by atoms with van der Waals surface area (Å²) in [6.07, 6.45) is -0.0441. The molecule has 2 saturated heterocycles. The Balaban J connectivity index is 1.02. The highest BCUT2D eigenvalue weighted by atomic mass is 16.6. The summed E-state index contributed by atoms with van der Waals surface area (Å²) in [5.74, 6) is 0.816. The summed E-state index contributed by atoms with van der Waals surface area (Å²) in [5, 5.41) is 12.0. The lowest BCUT2D eigenvalue weighted by molar-refractivity contribution is 0.0533. The highest BCUT2D eigenvalue weighted by molar-refractivity contribution is 5.92. The number of benzene rings is 2. The fourth-order valence-electron chi connectivity index (χ4n) is 5.48. The molecule has 0 unspecified atom stereocenters. The molecule has 0 atom stereocenters. The Hall–Kier alpha value is -4.35. The van der Waals surface area contributed by atoms with Crippen LogP contribution in [0, 0.1) is 0 Å². The molecule has 43 heavy (non-hydrogen) atoms. The number of furan rings is 1. The quantitative estimate of drug-likeness (QED) is 0.374. The fraction of sp³-hybridized carbons (Fsp3) is 0.406. The lowest BCUT2D eigenvalue weighted by Gasteiger charge is -2.32. The molecule has 1 aromatic heterocycles. The average Bonchev–Trinajstić information content (AvgIpc) is 3.49. The maximum Gasteiger partial charge on any atom is 0.411 e. The van der Waals surface area contributed by atoms with Crippen LogP contribution in [-0.2, 0) is 11.3 Å². The molecule has 2 aromatic carbocycles. The molecule has 3 heterocycles. The van der Waals surface area contributed by atoms with Crippen LogP contribution >= 0.6 is 0 Å². The summed E-state index contributed by atoms with van der Waals surface area (Å²) in [6, 6.07) is 21.1. The third-order valence-corrected chi connectivity index (χ3v) is 8.05. The number of ether oxygens (including phenoxy) is 1. The lowest BCUT2D eigenvalue weighted by Crippen LogP contribution is -2.47. The number of rotatable bonds is 9. The summed E-state index contributed by atoms with van der Waals surface area (Å²) in [7, 11) is 1.77. The first-order valence-corrected chi connectivity index (χ1v) is 14.7. The minimum Gasteiger partial charge on any atom is -0.465 e. The monoisotopic (exact) mass is 589 g/mol. The Morgan fingerprint density at radius 3 is 2.33 bits per heavy atom. The van der Waals surface area contributed by atoms with Gasteiger partial charge in [-0.1, -0.05) is 48.5 Å². The molecule has 2 fully saturated rings. The molecule has 0 radical (unpaired) electrons. The first kappa shape index (κ1) is 30.1. The molecular weight excluding hydrogens is 550 g/mol. The van der Waals surface area contributed by atoms with Crippen molar-refractivity contribution in [3.63, 3.8) is 0 Å². The third kappa shape index (κ3) is 8.14. The molecular formula is C32H39N5O6. The minimum atomic E-state index is -0.893. The Bertz CT molecular complexity index is 1380. The fourth-order valence-corrected chi connectivity index (χ4v) is 5.48. The molecule has 2 N–H and O–H groups in total. The number of piperidine rings is 1. The zero-order valence-corrected chi connectivity index (χ0v) is 24.5. The number of carboxylic acid groups (broad SMARTS) is 1. The van der Waals surface area contributed by atoms with E-state index in [1.807, 2.05) is 60.7 Å². The summed E-state index contributed by atoms with van der Waals surface area (Å²) < 4.78 is 11.6.